The van der Waals surface area contributed by atoms with Crippen LogP contribution in [0.5, 0.6) is 0 Å². The first kappa shape index (κ1) is 26.8. The molecule has 0 unspecified atom stereocenters. The fourth-order valence-electron chi connectivity index (χ4n) is 5.08. The van der Waals surface area contributed by atoms with Crippen LogP contribution in [0.4, 0.5) is 11.4 Å². The normalized spacial score (nSPS) is 15.5. The number of hydrogen-bond donors (Lipinski definition) is 2. The molecule has 2 heterocycles. The van der Waals surface area contributed by atoms with Crippen LogP contribution in [0.15, 0.2) is 67.0 Å². The number of nitrogens with one attached hydrogen (secondary N) is 1. The largest absolute Gasteiger partial charge is 0.378 e. The number of rotatable bonds is 10. The van der Waals surface area contributed by atoms with Gasteiger partial charge in [-0.25, -0.2) is 0 Å². The van der Waals surface area contributed by atoms with Gasteiger partial charge in [0, 0.05) is 44.5 Å². The molecule has 3 aromatic rings. The molecule has 0 radical (unpaired) electrons. The van der Waals surface area contributed by atoms with Gasteiger partial charge in [-0.05, 0) is 72.8 Å². The van der Waals surface area contributed by atoms with Crippen molar-refractivity contribution in [3.05, 3.63) is 78.1 Å². The summed E-state index contributed by atoms with van der Waals surface area (Å²) < 4.78 is 5.55. The van der Waals surface area contributed by atoms with Crippen molar-refractivity contribution in [1.29, 1.82) is 0 Å². The molecule has 1 saturated heterocycles. The van der Waals surface area contributed by atoms with Crippen molar-refractivity contribution >= 4 is 23.2 Å². The number of carbonyl (C=O) groups is 2. The lowest BCUT2D eigenvalue weighted by Crippen LogP contribution is -2.37. The van der Waals surface area contributed by atoms with Crippen molar-refractivity contribution in [2.45, 2.75) is 32.2 Å². The van der Waals surface area contributed by atoms with E-state index in [2.05, 4.69) is 45.5 Å². The average molecular weight is 528 g/mol. The van der Waals surface area contributed by atoms with Crippen LogP contribution < -0.4 is 16.0 Å². The highest BCUT2D eigenvalue weighted by Crippen LogP contribution is 2.35. The molecule has 0 bridgehead atoms. The Kier molecular flexibility index (Phi) is 8.85. The Labute approximate surface area is 230 Å². The van der Waals surface area contributed by atoms with Gasteiger partial charge >= 0.3 is 0 Å². The molecule has 2 fully saturated rings. The molecule has 1 aliphatic heterocycles. The highest BCUT2D eigenvalue weighted by molar-refractivity contribution is 5.97. The summed E-state index contributed by atoms with van der Waals surface area (Å²) >= 11 is 0. The Morgan fingerprint density at radius 2 is 1.87 bits per heavy atom. The number of hydrogen-bond acceptors (Lipinski definition) is 6. The van der Waals surface area contributed by atoms with Gasteiger partial charge in [0.25, 0.3) is 5.91 Å². The molecule has 1 saturated carbocycles. The van der Waals surface area contributed by atoms with Gasteiger partial charge in [-0.15, -0.1) is 0 Å². The molecule has 2 aromatic carbocycles. The first-order chi connectivity index (χ1) is 19.1. The number of morpholine rings is 1. The molecule has 8 heteroatoms. The second-order valence-corrected chi connectivity index (χ2v) is 10.3. The fourth-order valence-corrected chi connectivity index (χ4v) is 5.08. The third-order valence-electron chi connectivity index (χ3n) is 7.54. The summed E-state index contributed by atoms with van der Waals surface area (Å²) in [5.74, 6) is 0.148. The maximum atomic E-state index is 13.2. The Hall–Kier alpha value is -3.75. The lowest BCUT2D eigenvalue weighted by atomic mass is 9.85. The molecule has 204 valence electrons. The van der Waals surface area contributed by atoms with Crippen molar-refractivity contribution in [3.63, 3.8) is 0 Å². The monoisotopic (exact) mass is 527 g/mol. The SMILES string of the molecule is NCCCN(Cc1cccc(-c2ccc(N3CCOCC3)c(NC(=O)C3CCC3)c2)c1)C(=O)c1cccnc1. The van der Waals surface area contributed by atoms with Crippen molar-refractivity contribution in [1.82, 2.24) is 9.88 Å². The molecule has 1 aromatic heterocycles. The molecule has 39 heavy (non-hydrogen) atoms. The van der Waals surface area contributed by atoms with E-state index in [0.29, 0.717) is 38.4 Å². The number of benzene rings is 2. The maximum absolute atomic E-state index is 13.2. The minimum atomic E-state index is -0.0576. The van der Waals surface area contributed by atoms with E-state index >= 15 is 0 Å². The van der Waals surface area contributed by atoms with E-state index in [1.807, 2.05) is 17.0 Å². The molecule has 0 atom stereocenters. The minimum absolute atomic E-state index is 0.0576. The van der Waals surface area contributed by atoms with Gasteiger partial charge in [0.1, 0.15) is 0 Å². The van der Waals surface area contributed by atoms with E-state index in [-0.39, 0.29) is 17.7 Å². The molecule has 2 aliphatic rings. The molecule has 2 amide bonds. The quantitative estimate of drug-likeness (QED) is 0.407. The Morgan fingerprint density at radius 1 is 1.05 bits per heavy atom. The zero-order valence-corrected chi connectivity index (χ0v) is 22.4. The van der Waals surface area contributed by atoms with Gasteiger partial charge in [-0.1, -0.05) is 30.7 Å². The standard InChI is InChI=1S/C31H37N5O3/c32-12-4-14-36(31(38)27-9-3-13-33-21-27)22-23-5-1-8-25(19-23)26-10-11-29(35-15-17-39-18-16-35)28(20-26)34-30(37)24-6-2-7-24/h1,3,5,8-11,13,19-21,24H,2,4,6-7,12,14-18,22,32H2,(H,34,37). The van der Waals surface area contributed by atoms with Crippen molar-refractivity contribution < 1.29 is 14.3 Å². The number of nitrogens with zero attached hydrogens (tertiary/aromatic N) is 3. The third kappa shape index (κ3) is 6.64. The first-order valence-electron chi connectivity index (χ1n) is 13.9. The van der Waals surface area contributed by atoms with Crippen LogP contribution in [0, 0.1) is 5.92 Å². The summed E-state index contributed by atoms with van der Waals surface area (Å²) in [4.78, 5) is 34.3. The van der Waals surface area contributed by atoms with Crippen LogP contribution in [0.2, 0.25) is 0 Å². The lowest BCUT2D eigenvalue weighted by molar-refractivity contribution is -0.122. The number of ether oxygens (including phenoxy) is 1. The molecule has 3 N–H and O–H groups in total. The van der Waals surface area contributed by atoms with Gasteiger partial charge in [0.2, 0.25) is 5.91 Å². The van der Waals surface area contributed by atoms with E-state index in [9.17, 15) is 9.59 Å². The molecule has 5 rings (SSSR count). The van der Waals surface area contributed by atoms with E-state index in [1.54, 1.807) is 24.5 Å². The van der Waals surface area contributed by atoms with Crippen molar-refractivity contribution in [2.24, 2.45) is 11.7 Å². The van der Waals surface area contributed by atoms with Crippen LogP contribution in [0.1, 0.15) is 41.6 Å². The lowest BCUT2D eigenvalue weighted by Gasteiger charge is -2.32. The molecular weight excluding hydrogens is 490 g/mol. The van der Waals surface area contributed by atoms with Crippen LogP contribution in [0.3, 0.4) is 0 Å². The number of nitrogens with two attached hydrogens (primary N) is 1. The summed E-state index contributed by atoms with van der Waals surface area (Å²) in [5.41, 5.74) is 11.3. The summed E-state index contributed by atoms with van der Waals surface area (Å²) in [7, 11) is 0. The van der Waals surface area contributed by atoms with Crippen LogP contribution in [-0.4, -0.2) is 61.1 Å². The number of aromatic nitrogens is 1. The summed E-state index contributed by atoms with van der Waals surface area (Å²) in [6.45, 7) is 4.51. The van der Waals surface area contributed by atoms with Crippen LogP contribution >= 0.6 is 0 Å². The number of carbonyl (C=O) groups excluding carboxylic acids is 2. The summed E-state index contributed by atoms with van der Waals surface area (Å²) in [5, 5.41) is 3.23. The van der Waals surface area contributed by atoms with Gasteiger partial charge in [0.05, 0.1) is 30.2 Å². The zero-order valence-electron chi connectivity index (χ0n) is 22.4. The zero-order chi connectivity index (χ0) is 27.0. The first-order valence-corrected chi connectivity index (χ1v) is 13.9. The number of pyridine rings is 1. The van der Waals surface area contributed by atoms with Crippen LogP contribution in [-0.2, 0) is 16.1 Å². The molecular formula is C31H37N5O3. The van der Waals surface area contributed by atoms with Gasteiger partial charge in [-0.2, -0.15) is 0 Å². The summed E-state index contributed by atoms with van der Waals surface area (Å²) in [6, 6.07) is 18.1. The number of amides is 2. The predicted octanol–water partition coefficient (Wildman–Crippen LogP) is 4.32. The smallest absolute Gasteiger partial charge is 0.255 e. The van der Waals surface area contributed by atoms with E-state index in [1.165, 1.54) is 0 Å². The Morgan fingerprint density at radius 3 is 2.59 bits per heavy atom. The topological polar surface area (TPSA) is 101 Å². The highest BCUT2D eigenvalue weighted by Gasteiger charge is 2.26. The molecule has 1 aliphatic carbocycles. The van der Waals surface area contributed by atoms with Gasteiger partial charge in [0.15, 0.2) is 0 Å². The second-order valence-electron chi connectivity index (χ2n) is 10.3. The summed E-state index contributed by atoms with van der Waals surface area (Å²) in [6.07, 6.45) is 7.02. The third-order valence-corrected chi connectivity index (χ3v) is 7.54. The maximum Gasteiger partial charge on any atom is 0.255 e. The Balaban J connectivity index is 1.40. The number of anilines is 2. The van der Waals surface area contributed by atoms with Gasteiger partial charge < -0.3 is 25.6 Å². The molecule has 0 spiro atoms. The average Bonchev–Trinajstić information content (AvgIpc) is 2.95. The van der Waals surface area contributed by atoms with E-state index in [0.717, 1.165) is 66.8 Å². The predicted molar refractivity (Wildman–Crippen MR) is 154 cm³/mol. The van der Waals surface area contributed by atoms with Crippen molar-refractivity contribution in [3.8, 4) is 11.1 Å². The molecule has 8 nitrogen and oxygen atoms in total. The minimum Gasteiger partial charge on any atom is -0.378 e. The highest BCUT2D eigenvalue weighted by atomic mass is 16.5. The van der Waals surface area contributed by atoms with E-state index in [4.69, 9.17) is 10.5 Å². The van der Waals surface area contributed by atoms with E-state index < -0.39 is 0 Å². The second kappa shape index (κ2) is 12.9. The fraction of sp³-hybridized carbons (Fsp3) is 0.387. The van der Waals surface area contributed by atoms with Crippen LogP contribution in [0.25, 0.3) is 11.1 Å². The Bertz CT molecular complexity index is 1270. The van der Waals surface area contributed by atoms with Gasteiger partial charge in [-0.3, -0.25) is 14.6 Å². The van der Waals surface area contributed by atoms with Crippen molar-refractivity contribution in [2.75, 3.05) is 49.6 Å².